The van der Waals surface area contributed by atoms with E-state index in [1.54, 1.807) is 6.21 Å². The number of hydrogen-bond donors (Lipinski definition) is 0. The highest BCUT2D eigenvalue weighted by atomic mass is 35.5. The van der Waals surface area contributed by atoms with Gasteiger partial charge in [-0.3, -0.25) is 0 Å². The number of aromatic nitrogens is 1. The lowest BCUT2D eigenvalue weighted by molar-refractivity contribution is 0.593. The van der Waals surface area contributed by atoms with Gasteiger partial charge in [0.15, 0.2) is 0 Å². The molecular formula is C30H22ClN3O. The maximum absolute atomic E-state index is 10.1. The summed E-state index contributed by atoms with van der Waals surface area (Å²) < 4.78 is 8.33. The SMILES string of the molecule is Cc1cc(C=Nc2oc(-c3ccccc3)c(-c3ccccc3)c2C#N)c(C)n1-c1ccccc1Cl. The minimum atomic E-state index is 0.285. The summed E-state index contributed by atoms with van der Waals surface area (Å²) in [6.45, 7) is 4.05. The summed E-state index contributed by atoms with van der Waals surface area (Å²) in [5.41, 5.74) is 6.82. The monoisotopic (exact) mass is 475 g/mol. The molecule has 4 nitrogen and oxygen atoms in total. The second-order valence-corrected chi connectivity index (χ2v) is 8.61. The van der Waals surface area contributed by atoms with Crippen molar-refractivity contribution in [2.24, 2.45) is 4.99 Å². The highest BCUT2D eigenvalue weighted by Gasteiger charge is 2.22. The first-order valence-electron chi connectivity index (χ1n) is 11.2. The smallest absolute Gasteiger partial charge is 0.238 e. The molecular weight excluding hydrogens is 454 g/mol. The van der Waals surface area contributed by atoms with Gasteiger partial charge in [0.2, 0.25) is 5.88 Å². The molecule has 170 valence electrons. The van der Waals surface area contributed by atoms with Crippen molar-refractivity contribution in [3.8, 4) is 34.2 Å². The third-order valence-electron chi connectivity index (χ3n) is 5.98. The van der Waals surface area contributed by atoms with Gasteiger partial charge in [0.1, 0.15) is 17.4 Å². The fourth-order valence-corrected chi connectivity index (χ4v) is 4.56. The van der Waals surface area contributed by atoms with Crippen LogP contribution in [0.15, 0.2) is 100 Å². The van der Waals surface area contributed by atoms with E-state index in [1.807, 2.05) is 105 Å². The Morgan fingerprint density at radius 1 is 0.886 bits per heavy atom. The van der Waals surface area contributed by atoms with Crippen molar-refractivity contribution in [2.45, 2.75) is 13.8 Å². The third kappa shape index (κ3) is 4.19. The van der Waals surface area contributed by atoms with Crippen molar-refractivity contribution < 1.29 is 4.42 Å². The molecule has 2 heterocycles. The number of benzene rings is 3. The van der Waals surface area contributed by atoms with Crippen LogP contribution in [0.2, 0.25) is 5.02 Å². The summed E-state index contributed by atoms with van der Waals surface area (Å²) >= 11 is 6.46. The van der Waals surface area contributed by atoms with Crippen molar-refractivity contribution >= 4 is 23.7 Å². The Morgan fingerprint density at radius 2 is 1.51 bits per heavy atom. The molecule has 3 aromatic carbocycles. The van der Waals surface area contributed by atoms with E-state index in [1.165, 1.54) is 0 Å². The molecule has 0 aliphatic heterocycles. The number of aliphatic imine (C=N–C) groups is 1. The molecule has 5 heteroatoms. The van der Waals surface area contributed by atoms with E-state index < -0.39 is 0 Å². The van der Waals surface area contributed by atoms with Gasteiger partial charge in [-0.25, -0.2) is 4.99 Å². The second-order valence-electron chi connectivity index (χ2n) is 8.20. The largest absolute Gasteiger partial charge is 0.436 e. The summed E-state index contributed by atoms with van der Waals surface area (Å²) in [5.74, 6) is 0.912. The number of hydrogen-bond acceptors (Lipinski definition) is 3. The Kier molecular flexibility index (Phi) is 6.10. The first-order valence-corrected chi connectivity index (χ1v) is 11.6. The highest BCUT2D eigenvalue weighted by molar-refractivity contribution is 6.32. The number of aryl methyl sites for hydroxylation is 1. The molecule has 0 fully saturated rings. The van der Waals surface area contributed by atoms with Crippen molar-refractivity contribution in [2.75, 3.05) is 0 Å². The second kappa shape index (κ2) is 9.50. The molecule has 0 radical (unpaired) electrons. The van der Waals surface area contributed by atoms with Gasteiger partial charge in [-0.2, -0.15) is 5.26 Å². The summed E-state index contributed by atoms with van der Waals surface area (Å²) in [7, 11) is 0. The lowest BCUT2D eigenvalue weighted by atomic mass is 9.98. The lowest BCUT2D eigenvalue weighted by Gasteiger charge is -2.11. The number of nitrogens with zero attached hydrogens (tertiary/aromatic N) is 3. The van der Waals surface area contributed by atoms with Gasteiger partial charge in [0.05, 0.1) is 10.7 Å². The Labute approximate surface area is 209 Å². The van der Waals surface area contributed by atoms with Crippen LogP contribution in [0.25, 0.3) is 28.1 Å². The maximum atomic E-state index is 10.1. The Hall–Kier alpha value is -4.33. The van der Waals surface area contributed by atoms with Crippen molar-refractivity contribution in [1.29, 1.82) is 5.26 Å². The van der Waals surface area contributed by atoms with E-state index in [0.717, 1.165) is 39.3 Å². The Bertz CT molecular complexity index is 1570. The summed E-state index contributed by atoms with van der Waals surface area (Å²) in [6, 6.07) is 31.7. The summed E-state index contributed by atoms with van der Waals surface area (Å²) in [5, 5.41) is 10.8. The van der Waals surface area contributed by atoms with Crippen molar-refractivity contribution in [3.05, 3.63) is 119 Å². The lowest BCUT2D eigenvalue weighted by Crippen LogP contribution is -2.00. The van der Waals surface area contributed by atoms with E-state index in [9.17, 15) is 5.26 Å². The van der Waals surface area contributed by atoms with Crippen molar-refractivity contribution in [1.82, 2.24) is 4.57 Å². The number of rotatable bonds is 5. The normalized spacial score (nSPS) is 11.1. The molecule has 0 atom stereocenters. The zero-order valence-corrected chi connectivity index (χ0v) is 20.1. The van der Waals surface area contributed by atoms with Gasteiger partial charge in [0, 0.05) is 34.3 Å². The molecule has 0 amide bonds. The minimum absolute atomic E-state index is 0.285. The van der Waals surface area contributed by atoms with Crippen LogP contribution in [0.1, 0.15) is 22.5 Å². The van der Waals surface area contributed by atoms with Crippen LogP contribution in [0.3, 0.4) is 0 Å². The molecule has 0 N–H and O–H groups in total. The molecule has 35 heavy (non-hydrogen) atoms. The van der Waals surface area contributed by atoms with Gasteiger partial charge >= 0.3 is 0 Å². The van der Waals surface area contributed by atoms with Gasteiger partial charge in [-0.15, -0.1) is 0 Å². The average Bonchev–Trinajstić information content (AvgIpc) is 3.40. The summed E-state index contributed by atoms with van der Waals surface area (Å²) in [6.07, 6.45) is 1.75. The zero-order chi connectivity index (χ0) is 24.4. The van der Waals surface area contributed by atoms with E-state index in [4.69, 9.17) is 16.0 Å². The molecule has 0 aliphatic rings. The van der Waals surface area contributed by atoms with E-state index >= 15 is 0 Å². The van der Waals surface area contributed by atoms with E-state index in [2.05, 4.69) is 15.6 Å². The summed E-state index contributed by atoms with van der Waals surface area (Å²) in [4.78, 5) is 4.65. The first kappa shape index (κ1) is 22.5. The van der Waals surface area contributed by atoms with Gasteiger partial charge in [0.25, 0.3) is 0 Å². The fourth-order valence-electron chi connectivity index (χ4n) is 4.34. The predicted molar refractivity (Wildman–Crippen MR) is 142 cm³/mol. The van der Waals surface area contributed by atoms with Crippen LogP contribution in [-0.2, 0) is 0 Å². The van der Waals surface area contributed by atoms with Crippen LogP contribution in [0, 0.1) is 25.2 Å². The third-order valence-corrected chi connectivity index (χ3v) is 6.30. The van der Waals surface area contributed by atoms with Crippen LogP contribution >= 0.6 is 11.6 Å². The van der Waals surface area contributed by atoms with Crippen molar-refractivity contribution in [3.63, 3.8) is 0 Å². The number of para-hydroxylation sites is 1. The van der Waals surface area contributed by atoms with Gasteiger partial charge in [-0.05, 0) is 37.6 Å². The average molecular weight is 476 g/mol. The van der Waals surface area contributed by atoms with Crippen LogP contribution < -0.4 is 0 Å². The quantitative estimate of drug-likeness (QED) is 0.240. The van der Waals surface area contributed by atoms with Gasteiger partial charge in [-0.1, -0.05) is 84.4 Å². The zero-order valence-electron chi connectivity index (χ0n) is 19.4. The first-order chi connectivity index (χ1) is 17.1. The molecule has 0 saturated carbocycles. The highest BCUT2D eigenvalue weighted by Crippen LogP contribution is 2.42. The molecule has 0 bridgehead atoms. The molecule has 5 rings (SSSR count). The van der Waals surface area contributed by atoms with E-state index in [-0.39, 0.29) is 5.88 Å². The maximum Gasteiger partial charge on any atom is 0.238 e. The minimum Gasteiger partial charge on any atom is -0.436 e. The fraction of sp³-hybridized carbons (Fsp3) is 0.0667. The molecule has 0 unspecified atom stereocenters. The van der Waals surface area contributed by atoms with Gasteiger partial charge < -0.3 is 8.98 Å². The Balaban J connectivity index is 1.63. The molecule has 0 aliphatic carbocycles. The molecule has 0 saturated heterocycles. The topological polar surface area (TPSA) is 54.2 Å². The molecule has 5 aromatic rings. The standard InChI is InChI=1S/C30H22ClN3O/c1-20-17-24(21(2)34(20)27-16-10-9-15-26(27)31)19-33-30-25(18-32)28(22-11-5-3-6-12-22)29(35-30)23-13-7-4-8-14-23/h3-17,19H,1-2H3. The molecule has 0 spiro atoms. The number of halogens is 1. The Morgan fingerprint density at radius 3 is 2.17 bits per heavy atom. The van der Waals surface area contributed by atoms with E-state index in [0.29, 0.717) is 16.3 Å². The predicted octanol–water partition coefficient (Wildman–Crippen LogP) is 8.30. The molecule has 2 aromatic heterocycles. The number of nitriles is 1. The number of furan rings is 1. The van der Waals surface area contributed by atoms with Crippen LogP contribution in [-0.4, -0.2) is 10.8 Å². The van der Waals surface area contributed by atoms with Crippen LogP contribution in [0.5, 0.6) is 0 Å². The van der Waals surface area contributed by atoms with Crippen LogP contribution in [0.4, 0.5) is 5.88 Å².